The van der Waals surface area contributed by atoms with Crippen LogP contribution in [-0.2, 0) is 4.79 Å². The highest BCUT2D eigenvalue weighted by atomic mass is 16.2. The number of aryl methyl sites for hydroxylation is 1. The third-order valence-electron chi connectivity index (χ3n) is 3.63. The second-order valence-electron chi connectivity index (χ2n) is 5.29. The molecule has 0 spiro atoms. The lowest BCUT2D eigenvalue weighted by atomic mass is 10.1. The number of rotatable bonds is 2. The van der Waals surface area contributed by atoms with Crippen molar-refractivity contribution in [3.05, 3.63) is 41.0 Å². The highest BCUT2D eigenvalue weighted by molar-refractivity contribution is 6.01. The molecule has 1 aromatic rings. The minimum absolute atomic E-state index is 0.130. The smallest absolute Gasteiger partial charge is 0.264 e. The first-order chi connectivity index (χ1) is 9.70. The van der Waals surface area contributed by atoms with Crippen LogP contribution in [0.25, 0.3) is 6.08 Å². The molecule has 0 bridgehead atoms. The number of nitriles is 1. The summed E-state index contributed by atoms with van der Waals surface area (Å²) in [7, 11) is 0. The third kappa shape index (κ3) is 3.71. The summed E-state index contributed by atoms with van der Waals surface area (Å²) in [5.41, 5.74) is 2.30. The van der Waals surface area contributed by atoms with Gasteiger partial charge in [0.15, 0.2) is 0 Å². The van der Waals surface area contributed by atoms with Gasteiger partial charge in [0, 0.05) is 13.1 Å². The van der Waals surface area contributed by atoms with Crippen LogP contribution in [0.5, 0.6) is 0 Å². The van der Waals surface area contributed by atoms with Crippen LogP contribution in [0, 0.1) is 18.3 Å². The Morgan fingerprint density at radius 2 is 1.75 bits per heavy atom. The second kappa shape index (κ2) is 6.91. The Bertz CT molecular complexity index is 529. The topological polar surface area (TPSA) is 44.1 Å². The summed E-state index contributed by atoms with van der Waals surface area (Å²) in [6.45, 7) is 3.55. The average molecular weight is 268 g/mol. The molecule has 3 heteroatoms. The van der Waals surface area contributed by atoms with E-state index in [0.717, 1.165) is 31.5 Å². The van der Waals surface area contributed by atoms with Crippen LogP contribution in [0.4, 0.5) is 0 Å². The molecular formula is C17H20N2O. The van der Waals surface area contributed by atoms with E-state index >= 15 is 0 Å². The molecule has 2 rings (SSSR count). The van der Waals surface area contributed by atoms with Crippen LogP contribution in [-0.4, -0.2) is 23.9 Å². The highest BCUT2D eigenvalue weighted by Gasteiger charge is 2.19. The zero-order valence-electron chi connectivity index (χ0n) is 11.9. The van der Waals surface area contributed by atoms with Gasteiger partial charge in [-0.1, -0.05) is 42.7 Å². The van der Waals surface area contributed by atoms with Crippen LogP contribution in [0.2, 0.25) is 0 Å². The molecule has 1 aliphatic heterocycles. The molecule has 0 radical (unpaired) electrons. The van der Waals surface area contributed by atoms with E-state index in [4.69, 9.17) is 0 Å². The van der Waals surface area contributed by atoms with Crippen LogP contribution < -0.4 is 0 Å². The molecule has 1 heterocycles. The maximum Gasteiger partial charge on any atom is 0.264 e. The van der Waals surface area contributed by atoms with Crippen LogP contribution in [0.3, 0.4) is 0 Å². The lowest BCUT2D eigenvalue weighted by molar-refractivity contribution is -0.126. The van der Waals surface area contributed by atoms with E-state index in [1.54, 1.807) is 6.08 Å². The SMILES string of the molecule is Cc1ccc(/C=C(\C#N)C(=O)N2CCCCCC2)cc1. The van der Waals surface area contributed by atoms with Gasteiger partial charge in [-0.15, -0.1) is 0 Å². The van der Waals surface area contributed by atoms with Gasteiger partial charge in [0.25, 0.3) is 5.91 Å². The van der Waals surface area contributed by atoms with Gasteiger partial charge in [0.2, 0.25) is 0 Å². The molecule has 0 aromatic heterocycles. The first-order valence-corrected chi connectivity index (χ1v) is 7.18. The minimum atomic E-state index is -0.130. The van der Waals surface area contributed by atoms with E-state index in [2.05, 4.69) is 6.07 Å². The summed E-state index contributed by atoms with van der Waals surface area (Å²) >= 11 is 0. The number of benzene rings is 1. The van der Waals surface area contributed by atoms with Crippen molar-refractivity contribution >= 4 is 12.0 Å². The van der Waals surface area contributed by atoms with Crippen molar-refractivity contribution in [2.45, 2.75) is 32.6 Å². The number of carbonyl (C=O) groups excluding carboxylic acids is 1. The predicted molar refractivity (Wildman–Crippen MR) is 79.8 cm³/mol. The van der Waals surface area contributed by atoms with Gasteiger partial charge in [-0.3, -0.25) is 4.79 Å². The van der Waals surface area contributed by atoms with E-state index < -0.39 is 0 Å². The highest BCUT2D eigenvalue weighted by Crippen LogP contribution is 2.15. The Hall–Kier alpha value is -2.08. The van der Waals surface area contributed by atoms with Crippen molar-refractivity contribution in [1.29, 1.82) is 5.26 Å². The normalized spacial score (nSPS) is 16.4. The van der Waals surface area contributed by atoms with E-state index in [1.165, 1.54) is 18.4 Å². The Morgan fingerprint density at radius 1 is 1.15 bits per heavy atom. The Balaban J connectivity index is 2.16. The lowest BCUT2D eigenvalue weighted by Crippen LogP contribution is -2.32. The Kier molecular flexibility index (Phi) is 4.95. The molecule has 0 aliphatic carbocycles. The quantitative estimate of drug-likeness (QED) is 0.610. The molecule has 0 N–H and O–H groups in total. The van der Waals surface area contributed by atoms with Gasteiger partial charge in [-0.05, 0) is 31.4 Å². The minimum Gasteiger partial charge on any atom is -0.338 e. The number of likely N-dealkylation sites (tertiary alicyclic amines) is 1. The van der Waals surface area contributed by atoms with Gasteiger partial charge < -0.3 is 4.90 Å². The summed E-state index contributed by atoms with van der Waals surface area (Å²) < 4.78 is 0. The summed E-state index contributed by atoms with van der Waals surface area (Å²) in [6, 6.07) is 9.89. The van der Waals surface area contributed by atoms with Crippen molar-refractivity contribution in [2.24, 2.45) is 0 Å². The fraction of sp³-hybridized carbons (Fsp3) is 0.412. The number of amides is 1. The van der Waals surface area contributed by atoms with Crippen molar-refractivity contribution in [2.75, 3.05) is 13.1 Å². The van der Waals surface area contributed by atoms with Crippen molar-refractivity contribution in [1.82, 2.24) is 4.90 Å². The van der Waals surface area contributed by atoms with Gasteiger partial charge in [-0.2, -0.15) is 5.26 Å². The molecule has 0 saturated carbocycles. The molecule has 1 aromatic carbocycles. The Morgan fingerprint density at radius 3 is 2.30 bits per heavy atom. The zero-order valence-corrected chi connectivity index (χ0v) is 11.9. The van der Waals surface area contributed by atoms with Gasteiger partial charge in [-0.25, -0.2) is 0 Å². The van der Waals surface area contributed by atoms with E-state index in [1.807, 2.05) is 36.1 Å². The Labute approximate surface area is 120 Å². The standard InChI is InChI=1S/C17H20N2O/c1-14-6-8-15(9-7-14)12-16(13-18)17(20)19-10-4-2-3-5-11-19/h6-9,12H,2-5,10-11H2,1H3/b16-12+. The second-order valence-corrected chi connectivity index (χ2v) is 5.29. The zero-order chi connectivity index (χ0) is 14.4. The summed E-state index contributed by atoms with van der Waals surface area (Å²) in [6.07, 6.45) is 6.11. The fourth-order valence-corrected chi connectivity index (χ4v) is 2.42. The fourth-order valence-electron chi connectivity index (χ4n) is 2.42. The number of hydrogen-bond donors (Lipinski definition) is 0. The van der Waals surface area contributed by atoms with Crippen LogP contribution >= 0.6 is 0 Å². The van der Waals surface area contributed by atoms with Crippen molar-refractivity contribution < 1.29 is 4.79 Å². The molecule has 3 nitrogen and oxygen atoms in total. The van der Waals surface area contributed by atoms with Crippen LogP contribution in [0.1, 0.15) is 36.8 Å². The molecule has 1 saturated heterocycles. The monoisotopic (exact) mass is 268 g/mol. The van der Waals surface area contributed by atoms with Gasteiger partial charge in [0.05, 0.1) is 0 Å². The molecule has 1 amide bonds. The summed E-state index contributed by atoms with van der Waals surface area (Å²) in [5, 5.41) is 9.25. The molecule has 20 heavy (non-hydrogen) atoms. The van der Waals surface area contributed by atoms with E-state index in [9.17, 15) is 10.1 Å². The number of carbonyl (C=O) groups is 1. The van der Waals surface area contributed by atoms with E-state index in [0.29, 0.717) is 0 Å². The van der Waals surface area contributed by atoms with Crippen molar-refractivity contribution in [3.8, 4) is 6.07 Å². The first kappa shape index (κ1) is 14.3. The lowest BCUT2D eigenvalue weighted by Gasteiger charge is -2.19. The molecule has 104 valence electrons. The molecular weight excluding hydrogens is 248 g/mol. The summed E-state index contributed by atoms with van der Waals surface area (Å²) in [5.74, 6) is -0.130. The maximum absolute atomic E-state index is 12.4. The summed E-state index contributed by atoms with van der Waals surface area (Å²) in [4.78, 5) is 14.2. The molecule has 1 fully saturated rings. The van der Waals surface area contributed by atoms with Gasteiger partial charge >= 0.3 is 0 Å². The molecule has 1 aliphatic rings. The number of hydrogen-bond acceptors (Lipinski definition) is 2. The first-order valence-electron chi connectivity index (χ1n) is 7.18. The van der Waals surface area contributed by atoms with Gasteiger partial charge in [0.1, 0.15) is 11.6 Å². The average Bonchev–Trinajstić information content (AvgIpc) is 2.75. The number of nitrogens with zero attached hydrogens (tertiary/aromatic N) is 2. The van der Waals surface area contributed by atoms with Crippen molar-refractivity contribution in [3.63, 3.8) is 0 Å². The maximum atomic E-state index is 12.4. The largest absolute Gasteiger partial charge is 0.338 e. The molecule has 0 atom stereocenters. The molecule has 0 unspecified atom stereocenters. The third-order valence-corrected chi connectivity index (χ3v) is 3.63. The predicted octanol–water partition coefficient (Wildman–Crippen LogP) is 3.30. The van der Waals surface area contributed by atoms with Crippen LogP contribution in [0.15, 0.2) is 29.8 Å². The van der Waals surface area contributed by atoms with E-state index in [-0.39, 0.29) is 11.5 Å².